The third-order valence-electron chi connectivity index (χ3n) is 4.53. The predicted octanol–water partition coefficient (Wildman–Crippen LogP) is 1.48. The van der Waals surface area contributed by atoms with Gasteiger partial charge in [-0.3, -0.25) is 19.3 Å². The highest BCUT2D eigenvalue weighted by Crippen LogP contribution is 2.36. The van der Waals surface area contributed by atoms with Crippen LogP contribution in [0.15, 0.2) is 30.0 Å². The van der Waals surface area contributed by atoms with E-state index in [1.54, 1.807) is 18.2 Å². The van der Waals surface area contributed by atoms with Crippen LogP contribution < -0.4 is 10.1 Å². The average molecular weight is 344 g/mol. The molecular formula is C18H20N2O5. The number of Topliss-reactive ketones (excluding diaryl/α,β-unsaturated/α-hetero) is 1. The molecule has 2 aliphatic rings. The smallest absolute Gasteiger partial charge is 0.277 e. The number of ether oxygens (including phenoxy) is 1. The van der Waals surface area contributed by atoms with Crippen molar-refractivity contribution < 1.29 is 24.2 Å². The molecule has 1 atom stereocenters. The number of imide groups is 1. The summed E-state index contributed by atoms with van der Waals surface area (Å²) in [5, 5.41) is 11.8. The Labute approximate surface area is 145 Å². The first kappa shape index (κ1) is 17.2. The lowest BCUT2D eigenvalue weighted by molar-refractivity contribution is -0.137. The monoisotopic (exact) mass is 344 g/mol. The number of aliphatic hydroxyl groups excluding tert-OH is 1. The summed E-state index contributed by atoms with van der Waals surface area (Å²) < 4.78 is 5.93. The molecule has 0 fully saturated rings. The molecule has 1 unspecified atom stereocenters. The van der Waals surface area contributed by atoms with Crippen LogP contribution >= 0.6 is 0 Å². The first-order valence-electron chi connectivity index (χ1n) is 8.18. The van der Waals surface area contributed by atoms with Crippen molar-refractivity contribution in [1.29, 1.82) is 0 Å². The molecule has 132 valence electrons. The van der Waals surface area contributed by atoms with E-state index >= 15 is 0 Å². The highest BCUT2D eigenvalue weighted by Gasteiger charge is 2.35. The highest BCUT2D eigenvalue weighted by atomic mass is 16.5. The number of nitrogens with zero attached hydrogens (tertiary/aromatic N) is 1. The summed E-state index contributed by atoms with van der Waals surface area (Å²) in [5.41, 5.74) is 0.593. The van der Waals surface area contributed by atoms with Crippen molar-refractivity contribution in [3.05, 3.63) is 35.5 Å². The topological polar surface area (TPSA) is 95.9 Å². The Morgan fingerprint density at radius 1 is 1.32 bits per heavy atom. The normalized spacial score (nSPS) is 22.6. The lowest BCUT2D eigenvalue weighted by Crippen LogP contribution is -2.38. The van der Waals surface area contributed by atoms with Crippen LogP contribution in [0, 0.1) is 0 Å². The van der Waals surface area contributed by atoms with Crippen LogP contribution in [0.4, 0.5) is 5.69 Å². The number of aliphatic hydroxyl groups is 1. The molecule has 1 aromatic rings. The number of rotatable bonds is 5. The molecule has 1 aromatic carbocycles. The van der Waals surface area contributed by atoms with Crippen LogP contribution in [0.25, 0.3) is 0 Å². The molecular weight excluding hydrogens is 324 g/mol. The molecule has 2 amide bonds. The zero-order valence-electron chi connectivity index (χ0n) is 14.2. The van der Waals surface area contributed by atoms with Crippen LogP contribution in [-0.4, -0.2) is 46.4 Å². The number of fused-ring (bicyclic) bond motifs is 1. The highest BCUT2D eigenvalue weighted by molar-refractivity contribution is 6.17. The molecule has 2 N–H and O–H groups in total. The number of anilines is 1. The number of hydrogen-bond acceptors (Lipinski definition) is 6. The summed E-state index contributed by atoms with van der Waals surface area (Å²) in [6, 6.07) is 5.01. The Bertz CT molecular complexity index is 786. The van der Waals surface area contributed by atoms with Gasteiger partial charge in [0.25, 0.3) is 11.8 Å². The number of carbonyl (C=O) groups excluding carboxylic acids is 3. The predicted molar refractivity (Wildman–Crippen MR) is 90.2 cm³/mol. The molecule has 0 aromatic heterocycles. The Balaban J connectivity index is 1.82. The van der Waals surface area contributed by atoms with Crippen molar-refractivity contribution in [3.63, 3.8) is 0 Å². The van der Waals surface area contributed by atoms with Gasteiger partial charge in [-0.25, -0.2) is 0 Å². The lowest BCUT2D eigenvalue weighted by atomic mass is 9.89. The second kappa shape index (κ2) is 6.33. The third kappa shape index (κ3) is 3.15. The quantitative estimate of drug-likeness (QED) is 0.786. The van der Waals surface area contributed by atoms with Crippen LogP contribution in [0.2, 0.25) is 0 Å². The van der Waals surface area contributed by atoms with E-state index in [4.69, 9.17) is 9.84 Å². The van der Waals surface area contributed by atoms with Gasteiger partial charge >= 0.3 is 0 Å². The van der Waals surface area contributed by atoms with E-state index in [1.807, 2.05) is 13.8 Å². The first-order valence-corrected chi connectivity index (χ1v) is 8.18. The number of benzene rings is 1. The average Bonchev–Trinajstić information content (AvgIpc) is 2.83. The molecule has 2 heterocycles. The maximum atomic E-state index is 12.4. The Morgan fingerprint density at radius 3 is 2.76 bits per heavy atom. The number of carbonyl (C=O) groups is 3. The van der Waals surface area contributed by atoms with E-state index in [0.29, 0.717) is 23.4 Å². The molecule has 2 aliphatic heterocycles. The summed E-state index contributed by atoms with van der Waals surface area (Å²) >= 11 is 0. The molecule has 0 aliphatic carbocycles. The van der Waals surface area contributed by atoms with E-state index in [2.05, 4.69) is 5.32 Å². The fourth-order valence-electron chi connectivity index (χ4n) is 2.91. The van der Waals surface area contributed by atoms with Gasteiger partial charge in [0.05, 0.1) is 25.1 Å². The van der Waals surface area contributed by atoms with Gasteiger partial charge in [0, 0.05) is 11.8 Å². The maximum Gasteiger partial charge on any atom is 0.277 e. The van der Waals surface area contributed by atoms with Gasteiger partial charge in [0.2, 0.25) is 0 Å². The van der Waals surface area contributed by atoms with Crippen molar-refractivity contribution in [3.8, 4) is 5.75 Å². The number of nitrogens with one attached hydrogen (secondary N) is 1. The molecule has 25 heavy (non-hydrogen) atoms. The summed E-state index contributed by atoms with van der Waals surface area (Å²) in [4.78, 5) is 37.3. The van der Waals surface area contributed by atoms with E-state index in [1.165, 1.54) is 6.08 Å². The molecule has 0 saturated heterocycles. The second-order valence-electron chi connectivity index (χ2n) is 6.42. The minimum absolute atomic E-state index is 0.0149. The SMILES string of the molecule is CCC1(C)CC(=O)c2cc(NC3=CC(=O)N(CCO)C3=O)ccc2O1. The lowest BCUT2D eigenvalue weighted by Gasteiger charge is -2.34. The Morgan fingerprint density at radius 2 is 2.08 bits per heavy atom. The Hall–Kier alpha value is -2.67. The van der Waals surface area contributed by atoms with Crippen LogP contribution in [0.5, 0.6) is 5.75 Å². The van der Waals surface area contributed by atoms with Gasteiger partial charge in [0.1, 0.15) is 17.0 Å². The standard InChI is InChI=1S/C18H20N2O5/c1-3-18(2)10-14(22)12-8-11(4-5-15(12)25-18)19-13-9-16(23)20(6-7-21)17(13)24/h4-5,8-9,19,21H,3,6-7,10H2,1-2H3. The van der Waals surface area contributed by atoms with Crippen molar-refractivity contribution in [2.75, 3.05) is 18.5 Å². The van der Waals surface area contributed by atoms with Gasteiger partial charge < -0.3 is 15.2 Å². The summed E-state index contributed by atoms with van der Waals surface area (Å²) in [6.07, 6.45) is 2.20. The second-order valence-corrected chi connectivity index (χ2v) is 6.42. The van der Waals surface area contributed by atoms with Gasteiger partial charge in [0.15, 0.2) is 5.78 Å². The fraction of sp³-hybridized carbons (Fsp3) is 0.389. The fourth-order valence-corrected chi connectivity index (χ4v) is 2.91. The van der Waals surface area contributed by atoms with E-state index in [9.17, 15) is 14.4 Å². The van der Waals surface area contributed by atoms with E-state index in [0.717, 1.165) is 11.3 Å². The van der Waals surface area contributed by atoms with Crippen molar-refractivity contribution in [2.24, 2.45) is 0 Å². The number of ketones is 1. The summed E-state index contributed by atoms with van der Waals surface area (Å²) in [6.45, 7) is 3.54. The first-order chi connectivity index (χ1) is 11.9. The van der Waals surface area contributed by atoms with Gasteiger partial charge in [-0.05, 0) is 31.5 Å². The molecule has 0 radical (unpaired) electrons. The van der Waals surface area contributed by atoms with Crippen molar-refractivity contribution in [2.45, 2.75) is 32.3 Å². The van der Waals surface area contributed by atoms with Gasteiger partial charge in [-0.2, -0.15) is 0 Å². The summed E-state index contributed by atoms with van der Waals surface area (Å²) in [5.74, 6) is -0.467. The Kier molecular flexibility index (Phi) is 4.34. The molecule has 0 saturated carbocycles. The molecule has 7 heteroatoms. The third-order valence-corrected chi connectivity index (χ3v) is 4.53. The largest absolute Gasteiger partial charge is 0.486 e. The van der Waals surface area contributed by atoms with Crippen molar-refractivity contribution >= 4 is 23.3 Å². The minimum atomic E-state index is -0.502. The van der Waals surface area contributed by atoms with Crippen LogP contribution in [0.3, 0.4) is 0 Å². The maximum absolute atomic E-state index is 12.4. The molecule has 3 rings (SSSR count). The summed E-state index contributed by atoms with van der Waals surface area (Å²) in [7, 11) is 0. The molecule has 7 nitrogen and oxygen atoms in total. The van der Waals surface area contributed by atoms with Crippen LogP contribution in [0.1, 0.15) is 37.0 Å². The zero-order valence-corrected chi connectivity index (χ0v) is 14.2. The van der Waals surface area contributed by atoms with E-state index < -0.39 is 17.4 Å². The number of β-amino-alcohol motifs (C(OH)–C–C–N with tert-alkyl or cyclic N) is 1. The van der Waals surface area contributed by atoms with Crippen molar-refractivity contribution in [1.82, 2.24) is 4.90 Å². The molecule has 0 spiro atoms. The number of hydrogen-bond donors (Lipinski definition) is 2. The van der Waals surface area contributed by atoms with Gasteiger partial charge in [-0.1, -0.05) is 6.92 Å². The van der Waals surface area contributed by atoms with Crippen LogP contribution in [-0.2, 0) is 9.59 Å². The van der Waals surface area contributed by atoms with E-state index in [-0.39, 0.29) is 24.6 Å². The number of amides is 2. The zero-order chi connectivity index (χ0) is 18.2. The van der Waals surface area contributed by atoms with Gasteiger partial charge in [-0.15, -0.1) is 0 Å². The molecule has 0 bridgehead atoms. The minimum Gasteiger partial charge on any atom is -0.486 e.